The highest BCUT2D eigenvalue weighted by molar-refractivity contribution is 7.18. The van der Waals surface area contributed by atoms with Crippen LogP contribution < -0.4 is 10.6 Å². The summed E-state index contributed by atoms with van der Waals surface area (Å²) in [7, 11) is 0. The van der Waals surface area contributed by atoms with Crippen LogP contribution in [0.15, 0.2) is 73.2 Å². The first-order valence-electron chi connectivity index (χ1n) is 9.40. The van der Waals surface area contributed by atoms with Gasteiger partial charge < -0.3 is 10.6 Å². The molecule has 3 aromatic heterocycles. The maximum atomic E-state index is 13.0. The monoisotopic (exact) mass is 411 g/mol. The molecule has 2 aromatic carbocycles. The molecule has 30 heavy (non-hydrogen) atoms. The molecular weight excluding hydrogens is 394 g/mol. The Balaban J connectivity index is 1.41. The molecule has 1 amide bonds. The van der Waals surface area contributed by atoms with Crippen molar-refractivity contribution in [3.8, 4) is 0 Å². The van der Waals surface area contributed by atoms with Gasteiger partial charge in [-0.15, -0.1) is 11.3 Å². The van der Waals surface area contributed by atoms with E-state index >= 15 is 0 Å². The minimum atomic E-state index is -0.237. The summed E-state index contributed by atoms with van der Waals surface area (Å²) in [6.45, 7) is 1.97. The molecular formula is C23H17N5OS. The van der Waals surface area contributed by atoms with E-state index in [1.165, 1.54) is 0 Å². The van der Waals surface area contributed by atoms with E-state index in [1.54, 1.807) is 35.9 Å². The summed E-state index contributed by atoms with van der Waals surface area (Å²) >= 11 is 1.63. The number of nitrogens with one attached hydrogen (secondary N) is 2. The lowest BCUT2D eigenvalue weighted by molar-refractivity contribution is 0.102. The maximum Gasteiger partial charge on any atom is 0.259 e. The van der Waals surface area contributed by atoms with Crippen molar-refractivity contribution in [1.29, 1.82) is 0 Å². The van der Waals surface area contributed by atoms with E-state index in [0.717, 1.165) is 31.7 Å². The molecule has 0 spiro atoms. The number of amides is 1. The molecule has 0 aliphatic rings. The normalized spacial score (nSPS) is 11.0. The van der Waals surface area contributed by atoms with Gasteiger partial charge in [0.25, 0.3) is 5.91 Å². The van der Waals surface area contributed by atoms with E-state index < -0.39 is 0 Å². The molecule has 7 heteroatoms. The lowest BCUT2D eigenvalue weighted by atomic mass is 10.1. The average molecular weight is 411 g/mol. The van der Waals surface area contributed by atoms with Crippen LogP contribution in [0.1, 0.15) is 15.4 Å². The molecule has 5 aromatic rings. The highest BCUT2D eigenvalue weighted by atomic mass is 32.1. The summed E-state index contributed by atoms with van der Waals surface area (Å²) in [5.74, 6) is 0.253. The Hall–Kier alpha value is -3.84. The minimum absolute atomic E-state index is 0.237. The molecule has 0 bridgehead atoms. The summed E-state index contributed by atoms with van der Waals surface area (Å²) in [6.07, 6.45) is 5.23. The van der Waals surface area contributed by atoms with Crippen LogP contribution in [0.3, 0.4) is 0 Å². The molecule has 0 unspecified atom stereocenters. The minimum Gasteiger partial charge on any atom is -0.340 e. The van der Waals surface area contributed by atoms with Gasteiger partial charge in [0.2, 0.25) is 0 Å². The molecule has 146 valence electrons. The van der Waals surface area contributed by atoms with Crippen molar-refractivity contribution >= 4 is 55.4 Å². The number of fused-ring (bicyclic) bond motifs is 2. The number of carbonyl (C=O) groups is 1. The van der Waals surface area contributed by atoms with Gasteiger partial charge >= 0.3 is 0 Å². The van der Waals surface area contributed by atoms with E-state index in [1.807, 2.05) is 55.6 Å². The Morgan fingerprint density at radius 1 is 0.967 bits per heavy atom. The third-order valence-corrected chi connectivity index (χ3v) is 5.66. The zero-order chi connectivity index (χ0) is 20.5. The fraction of sp³-hybridized carbons (Fsp3) is 0.0435. The maximum absolute atomic E-state index is 13.0. The van der Waals surface area contributed by atoms with Crippen LogP contribution in [-0.4, -0.2) is 20.9 Å². The van der Waals surface area contributed by atoms with Crippen molar-refractivity contribution in [1.82, 2.24) is 15.0 Å². The lowest BCUT2D eigenvalue weighted by Gasteiger charge is -2.12. The van der Waals surface area contributed by atoms with Gasteiger partial charge in [0, 0.05) is 35.4 Å². The number of anilines is 3. The van der Waals surface area contributed by atoms with Crippen LogP contribution in [0, 0.1) is 6.92 Å². The lowest BCUT2D eigenvalue weighted by Crippen LogP contribution is -2.14. The molecule has 6 nitrogen and oxygen atoms in total. The van der Waals surface area contributed by atoms with Crippen LogP contribution in [0.5, 0.6) is 0 Å². The van der Waals surface area contributed by atoms with Crippen molar-refractivity contribution in [3.05, 3.63) is 83.8 Å². The number of aryl methyl sites for hydroxylation is 1. The quantitative estimate of drug-likeness (QED) is 0.406. The van der Waals surface area contributed by atoms with Gasteiger partial charge in [-0.2, -0.15) is 0 Å². The first-order chi connectivity index (χ1) is 14.7. The topological polar surface area (TPSA) is 79.8 Å². The Morgan fingerprint density at radius 2 is 1.87 bits per heavy atom. The van der Waals surface area contributed by atoms with Crippen molar-refractivity contribution in [2.24, 2.45) is 0 Å². The second-order valence-electron chi connectivity index (χ2n) is 6.83. The Labute approximate surface area is 176 Å². The van der Waals surface area contributed by atoms with Crippen LogP contribution in [-0.2, 0) is 0 Å². The van der Waals surface area contributed by atoms with Crippen LogP contribution in [0.2, 0.25) is 0 Å². The van der Waals surface area contributed by atoms with Crippen LogP contribution >= 0.6 is 11.3 Å². The van der Waals surface area contributed by atoms with E-state index in [0.29, 0.717) is 17.1 Å². The van der Waals surface area contributed by atoms with E-state index in [2.05, 4.69) is 25.6 Å². The molecule has 0 fully saturated rings. The number of hydrogen-bond acceptors (Lipinski definition) is 6. The second kappa shape index (κ2) is 7.53. The molecule has 0 atom stereocenters. The fourth-order valence-electron chi connectivity index (χ4n) is 3.31. The van der Waals surface area contributed by atoms with Gasteiger partial charge in [-0.1, -0.05) is 6.07 Å². The second-order valence-corrected chi connectivity index (χ2v) is 8.07. The molecule has 5 rings (SSSR count). The molecule has 0 aliphatic heterocycles. The smallest absolute Gasteiger partial charge is 0.259 e. The van der Waals surface area contributed by atoms with E-state index in [4.69, 9.17) is 0 Å². The number of nitrogens with zero attached hydrogens (tertiary/aromatic N) is 3. The molecule has 0 saturated carbocycles. The highest BCUT2D eigenvalue weighted by Crippen LogP contribution is 2.26. The van der Waals surface area contributed by atoms with Crippen molar-refractivity contribution in [3.63, 3.8) is 0 Å². The van der Waals surface area contributed by atoms with Gasteiger partial charge in [0.15, 0.2) is 0 Å². The van der Waals surface area contributed by atoms with Gasteiger partial charge in [0.1, 0.15) is 5.82 Å². The molecule has 2 N–H and O–H groups in total. The number of benzene rings is 2. The van der Waals surface area contributed by atoms with Gasteiger partial charge in [0.05, 0.1) is 20.8 Å². The van der Waals surface area contributed by atoms with Crippen molar-refractivity contribution in [2.75, 3.05) is 10.6 Å². The number of aromatic nitrogens is 3. The van der Waals surface area contributed by atoms with Crippen molar-refractivity contribution in [2.45, 2.75) is 6.92 Å². The Morgan fingerprint density at radius 3 is 2.80 bits per heavy atom. The summed E-state index contributed by atoms with van der Waals surface area (Å²) in [5, 5.41) is 9.31. The first kappa shape index (κ1) is 18.2. The SMILES string of the molecule is Cc1nc2cc(NC(=O)c3cccnc3Nc3ccc4ccncc4c3)ccc2s1. The fourth-order valence-corrected chi connectivity index (χ4v) is 4.11. The summed E-state index contributed by atoms with van der Waals surface area (Å²) < 4.78 is 1.10. The highest BCUT2D eigenvalue weighted by Gasteiger charge is 2.14. The van der Waals surface area contributed by atoms with Crippen LogP contribution in [0.25, 0.3) is 21.0 Å². The van der Waals surface area contributed by atoms with Gasteiger partial charge in [-0.25, -0.2) is 9.97 Å². The Bertz CT molecular complexity index is 1400. The summed E-state index contributed by atoms with van der Waals surface area (Å²) in [6, 6.07) is 17.1. The van der Waals surface area contributed by atoms with Crippen molar-refractivity contribution < 1.29 is 4.79 Å². The summed E-state index contributed by atoms with van der Waals surface area (Å²) in [4.78, 5) is 26.0. The predicted molar refractivity (Wildman–Crippen MR) is 122 cm³/mol. The average Bonchev–Trinajstić information content (AvgIpc) is 3.13. The zero-order valence-corrected chi connectivity index (χ0v) is 16.9. The third-order valence-electron chi connectivity index (χ3n) is 4.71. The number of pyridine rings is 2. The number of thiazole rings is 1. The molecule has 0 radical (unpaired) electrons. The van der Waals surface area contributed by atoms with E-state index in [9.17, 15) is 4.79 Å². The molecule has 0 aliphatic carbocycles. The standard InChI is InChI=1S/C23H17N5OS/c1-14-26-20-12-18(6-7-21(20)30-14)28-23(29)19-3-2-9-25-22(19)27-17-5-4-15-8-10-24-13-16(15)11-17/h2-13H,1H3,(H,25,27)(H,28,29). The van der Waals surface area contributed by atoms with E-state index in [-0.39, 0.29) is 5.91 Å². The number of carbonyl (C=O) groups excluding carboxylic acids is 1. The largest absolute Gasteiger partial charge is 0.340 e. The Kier molecular flexibility index (Phi) is 4.57. The molecule has 3 heterocycles. The number of hydrogen-bond donors (Lipinski definition) is 2. The predicted octanol–water partition coefficient (Wildman–Crippen LogP) is 5.54. The molecule has 0 saturated heterocycles. The number of rotatable bonds is 4. The third kappa shape index (κ3) is 3.58. The first-order valence-corrected chi connectivity index (χ1v) is 10.2. The summed E-state index contributed by atoms with van der Waals surface area (Å²) in [5.41, 5.74) is 2.87. The van der Waals surface area contributed by atoms with Crippen LogP contribution in [0.4, 0.5) is 17.2 Å². The van der Waals surface area contributed by atoms with Gasteiger partial charge in [-0.05, 0) is 60.8 Å². The zero-order valence-electron chi connectivity index (χ0n) is 16.1. The van der Waals surface area contributed by atoms with Gasteiger partial charge in [-0.3, -0.25) is 9.78 Å².